The summed E-state index contributed by atoms with van der Waals surface area (Å²) in [7, 11) is 0. The van der Waals surface area contributed by atoms with E-state index in [4.69, 9.17) is 4.74 Å². The number of nitro benzene ring substituents is 1. The van der Waals surface area contributed by atoms with Gasteiger partial charge < -0.3 is 10.1 Å². The van der Waals surface area contributed by atoms with Crippen LogP contribution in [0.5, 0.6) is 0 Å². The van der Waals surface area contributed by atoms with Crippen LogP contribution in [0.25, 0.3) is 0 Å². The van der Waals surface area contributed by atoms with Gasteiger partial charge in [-0.05, 0) is 12.5 Å². The lowest BCUT2D eigenvalue weighted by Crippen LogP contribution is -2.27. The largest absolute Gasteiger partial charge is 0.460 e. The number of non-ortho nitro benzene ring substituents is 1. The highest BCUT2D eigenvalue weighted by atomic mass is 16.6. The van der Waals surface area contributed by atoms with Crippen LogP contribution < -0.4 is 5.32 Å². The predicted octanol–water partition coefficient (Wildman–Crippen LogP) is 2.84. The van der Waals surface area contributed by atoms with Gasteiger partial charge in [0.1, 0.15) is 6.61 Å². The first-order valence-corrected chi connectivity index (χ1v) is 7.73. The van der Waals surface area contributed by atoms with Gasteiger partial charge in [-0.25, -0.2) is 4.79 Å². The number of benzene rings is 1. The van der Waals surface area contributed by atoms with Crippen molar-refractivity contribution in [2.24, 2.45) is 0 Å². The smallest absolute Gasteiger partial charge is 0.338 e. The SMILES string of the molecule is CCCCCCC(=O)NCCOC(=O)c1cccc([N+](=O)[O-])c1. The van der Waals surface area contributed by atoms with E-state index >= 15 is 0 Å². The molecule has 0 radical (unpaired) electrons. The van der Waals surface area contributed by atoms with Crippen molar-refractivity contribution < 1.29 is 19.2 Å². The van der Waals surface area contributed by atoms with Gasteiger partial charge in [0, 0.05) is 18.6 Å². The molecular formula is C16H22N2O5. The third kappa shape index (κ3) is 7.39. The van der Waals surface area contributed by atoms with Crippen LogP contribution in [-0.4, -0.2) is 30.0 Å². The van der Waals surface area contributed by atoms with E-state index in [1.807, 2.05) is 0 Å². The van der Waals surface area contributed by atoms with Gasteiger partial charge in [0.15, 0.2) is 0 Å². The first-order chi connectivity index (χ1) is 11.0. The van der Waals surface area contributed by atoms with Crippen molar-refractivity contribution in [1.29, 1.82) is 0 Å². The number of nitro groups is 1. The Kier molecular flexibility index (Phi) is 8.34. The van der Waals surface area contributed by atoms with Crippen LogP contribution in [0.15, 0.2) is 24.3 Å². The number of rotatable bonds is 10. The number of hydrogen-bond donors (Lipinski definition) is 1. The van der Waals surface area contributed by atoms with Gasteiger partial charge in [-0.3, -0.25) is 14.9 Å². The summed E-state index contributed by atoms with van der Waals surface area (Å²) in [6.45, 7) is 2.37. The molecule has 0 aliphatic rings. The normalized spacial score (nSPS) is 10.1. The third-order valence-corrected chi connectivity index (χ3v) is 3.21. The zero-order valence-electron chi connectivity index (χ0n) is 13.2. The summed E-state index contributed by atoms with van der Waals surface area (Å²) in [5.41, 5.74) is -0.0510. The fourth-order valence-electron chi connectivity index (χ4n) is 1.96. The number of esters is 1. The minimum atomic E-state index is -0.647. The Labute approximate surface area is 135 Å². The van der Waals surface area contributed by atoms with Crippen LogP contribution in [0.1, 0.15) is 49.4 Å². The number of amides is 1. The highest BCUT2D eigenvalue weighted by molar-refractivity contribution is 5.90. The summed E-state index contributed by atoms with van der Waals surface area (Å²) in [5, 5.41) is 13.3. The van der Waals surface area contributed by atoms with Gasteiger partial charge in [0.25, 0.3) is 5.69 Å². The summed E-state index contributed by atoms with van der Waals surface area (Å²) in [6.07, 6.45) is 4.60. The van der Waals surface area contributed by atoms with Gasteiger partial charge >= 0.3 is 5.97 Å². The van der Waals surface area contributed by atoms with Gasteiger partial charge in [0.05, 0.1) is 17.0 Å². The monoisotopic (exact) mass is 322 g/mol. The molecule has 1 N–H and O–H groups in total. The zero-order chi connectivity index (χ0) is 17.1. The Balaban J connectivity index is 2.25. The molecule has 126 valence electrons. The highest BCUT2D eigenvalue weighted by Gasteiger charge is 2.12. The van der Waals surface area contributed by atoms with Crippen molar-refractivity contribution in [1.82, 2.24) is 5.32 Å². The molecule has 0 saturated carbocycles. The van der Waals surface area contributed by atoms with Crippen LogP contribution in [0.2, 0.25) is 0 Å². The molecule has 0 spiro atoms. The van der Waals surface area contributed by atoms with Crippen LogP contribution in [-0.2, 0) is 9.53 Å². The molecule has 1 rings (SSSR count). The van der Waals surface area contributed by atoms with Crippen LogP contribution in [0.3, 0.4) is 0 Å². The Morgan fingerprint density at radius 1 is 1.26 bits per heavy atom. The number of ether oxygens (including phenoxy) is 1. The average Bonchev–Trinajstić information content (AvgIpc) is 2.55. The minimum Gasteiger partial charge on any atom is -0.460 e. The lowest BCUT2D eigenvalue weighted by Gasteiger charge is -2.07. The summed E-state index contributed by atoms with van der Waals surface area (Å²) < 4.78 is 4.98. The molecule has 0 unspecified atom stereocenters. The van der Waals surface area contributed by atoms with Crippen molar-refractivity contribution in [2.45, 2.75) is 39.0 Å². The number of nitrogens with one attached hydrogen (secondary N) is 1. The standard InChI is InChI=1S/C16H22N2O5/c1-2-3-4-5-9-15(19)17-10-11-23-16(20)13-7-6-8-14(12-13)18(21)22/h6-8,12H,2-5,9-11H2,1H3,(H,17,19). The maximum atomic E-state index is 11.8. The maximum Gasteiger partial charge on any atom is 0.338 e. The number of unbranched alkanes of at least 4 members (excludes halogenated alkanes) is 3. The molecule has 0 atom stereocenters. The topological polar surface area (TPSA) is 98.5 Å². The molecule has 1 aromatic carbocycles. The molecule has 1 aromatic rings. The van der Waals surface area contributed by atoms with Gasteiger partial charge in [-0.15, -0.1) is 0 Å². The van der Waals surface area contributed by atoms with E-state index in [0.717, 1.165) is 31.7 Å². The van der Waals surface area contributed by atoms with Gasteiger partial charge in [-0.1, -0.05) is 32.3 Å². The molecule has 0 aliphatic carbocycles. The van der Waals surface area contributed by atoms with E-state index < -0.39 is 10.9 Å². The van der Waals surface area contributed by atoms with E-state index in [0.29, 0.717) is 6.42 Å². The van der Waals surface area contributed by atoms with E-state index in [1.165, 1.54) is 18.2 Å². The molecule has 0 bridgehead atoms. The molecule has 0 aliphatic heterocycles. The summed E-state index contributed by atoms with van der Waals surface area (Å²) in [4.78, 5) is 33.3. The molecule has 7 heteroatoms. The summed E-state index contributed by atoms with van der Waals surface area (Å²) in [5.74, 6) is -0.710. The molecule has 0 fully saturated rings. The van der Waals surface area contributed by atoms with Crippen molar-refractivity contribution >= 4 is 17.6 Å². The molecule has 1 amide bonds. The average molecular weight is 322 g/mol. The number of carbonyl (C=O) groups is 2. The van der Waals surface area contributed by atoms with E-state index in [-0.39, 0.29) is 30.3 Å². The Morgan fingerprint density at radius 3 is 2.74 bits per heavy atom. The van der Waals surface area contributed by atoms with Crippen molar-refractivity contribution in [2.75, 3.05) is 13.2 Å². The molecule has 0 saturated heterocycles. The fourth-order valence-corrected chi connectivity index (χ4v) is 1.96. The van der Waals surface area contributed by atoms with Gasteiger partial charge in [-0.2, -0.15) is 0 Å². The minimum absolute atomic E-state index is 0.0300. The van der Waals surface area contributed by atoms with Crippen molar-refractivity contribution in [3.8, 4) is 0 Å². The van der Waals surface area contributed by atoms with Crippen LogP contribution >= 0.6 is 0 Å². The van der Waals surface area contributed by atoms with Crippen LogP contribution in [0, 0.1) is 10.1 Å². The molecule has 23 heavy (non-hydrogen) atoms. The molecule has 0 heterocycles. The quantitative estimate of drug-likeness (QED) is 0.309. The van der Waals surface area contributed by atoms with E-state index in [9.17, 15) is 19.7 Å². The first kappa shape index (κ1) is 18.6. The zero-order valence-corrected chi connectivity index (χ0v) is 13.2. The lowest BCUT2D eigenvalue weighted by atomic mass is 10.1. The fraction of sp³-hybridized carbons (Fsp3) is 0.500. The van der Waals surface area contributed by atoms with Crippen molar-refractivity contribution in [3.63, 3.8) is 0 Å². The number of nitrogens with zero attached hydrogens (tertiary/aromatic N) is 1. The molecular weight excluding hydrogens is 300 g/mol. The second-order valence-corrected chi connectivity index (χ2v) is 5.10. The predicted molar refractivity (Wildman–Crippen MR) is 85.1 cm³/mol. The van der Waals surface area contributed by atoms with Gasteiger partial charge in [0.2, 0.25) is 5.91 Å². The van der Waals surface area contributed by atoms with E-state index in [1.54, 1.807) is 0 Å². The first-order valence-electron chi connectivity index (χ1n) is 7.73. The Hall–Kier alpha value is -2.44. The maximum absolute atomic E-state index is 11.8. The van der Waals surface area contributed by atoms with Crippen molar-refractivity contribution in [3.05, 3.63) is 39.9 Å². The number of hydrogen-bond acceptors (Lipinski definition) is 5. The summed E-state index contributed by atoms with van der Waals surface area (Å²) >= 11 is 0. The molecule has 7 nitrogen and oxygen atoms in total. The lowest BCUT2D eigenvalue weighted by molar-refractivity contribution is -0.384. The number of carbonyl (C=O) groups excluding carboxylic acids is 2. The Bertz CT molecular complexity index is 545. The molecule has 0 aromatic heterocycles. The Morgan fingerprint density at radius 2 is 2.04 bits per heavy atom. The summed E-state index contributed by atoms with van der Waals surface area (Å²) in [6, 6.07) is 5.33. The van der Waals surface area contributed by atoms with E-state index in [2.05, 4.69) is 12.2 Å². The second kappa shape index (κ2) is 10.3. The third-order valence-electron chi connectivity index (χ3n) is 3.21. The van der Waals surface area contributed by atoms with Crippen LogP contribution in [0.4, 0.5) is 5.69 Å². The second-order valence-electron chi connectivity index (χ2n) is 5.10. The highest BCUT2D eigenvalue weighted by Crippen LogP contribution is 2.13.